The number of aromatic nitrogens is 2. The third-order valence-corrected chi connectivity index (χ3v) is 4.99. The van der Waals surface area contributed by atoms with Gasteiger partial charge in [0.2, 0.25) is 5.13 Å². The van der Waals surface area contributed by atoms with Crippen molar-refractivity contribution in [3.8, 4) is 0 Å². The smallest absolute Gasteiger partial charge is 0.336 e. The molecule has 0 bridgehead atoms. The fourth-order valence-electron chi connectivity index (χ4n) is 1.74. The number of nitrogens with two attached hydrogens (primary N) is 1. The molecule has 0 amide bonds. The van der Waals surface area contributed by atoms with Gasteiger partial charge in [-0.1, -0.05) is 39.0 Å². The third kappa shape index (κ3) is 2.87. The van der Waals surface area contributed by atoms with Crippen molar-refractivity contribution >= 4 is 55.1 Å². The van der Waals surface area contributed by atoms with Crippen molar-refractivity contribution in [2.24, 2.45) is 0 Å². The van der Waals surface area contributed by atoms with Gasteiger partial charge in [0.15, 0.2) is 4.34 Å². The van der Waals surface area contributed by atoms with E-state index in [1.165, 1.54) is 29.2 Å². The van der Waals surface area contributed by atoms with Crippen molar-refractivity contribution in [2.75, 3.05) is 5.73 Å². The lowest BCUT2D eigenvalue weighted by Crippen LogP contribution is -1.99. The Labute approximate surface area is 130 Å². The van der Waals surface area contributed by atoms with Crippen molar-refractivity contribution in [3.05, 3.63) is 44.7 Å². The lowest BCUT2D eigenvalue weighted by atomic mass is 10.1. The maximum atomic E-state index is 11.6. The number of rotatable bonds is 3. The summed E-state index contributed by atoms with van der Waals surface area (Å²) in [4.78, 5) is 11.6. The second-order valence-corrected chi connectivity index (χ2v) is 7.07. The van der Waals surface area contributed by atoms with Gasteiger partial charge < -0.3 is 10.2 Å². The molecule has 5 nitrogen and oxygen atoms in total. The van der Waals surface area contributed by atoms with Crippen LogP contribution in [0.25, 0.3) is 11.0 Å². The minimum absolute atomic E-state index is 0.358. The van der Waals surface area contributed by atoms with Crippen LogP contribution in [0.4, 0.5) is 5.13 Å². The van der Waals surface area contributed by atoms with Crippen molar-refractivity contribution in [2.45, 2.75) is 10.1 Å². The van der Waals surface area contributed by atoms with Crippen molar-refractivity contribution in [1.82, 2.24) is 10.2 Å². The summed E-state index contributed by atoms with van der Waals surface area (Å²) < 4.78 is 6.85. The highest BCUT2D eigenvalue weighted by atomic mass is 79.9. The topological polar surface area (TPSA) is 82.0 Å². The fourth-order valence-corrected chi connectivity index (χ4v) is 3.71. The molecule has 8 heteroatoms. The molecule has 0 radical (unpaired) electrons. The van der Waals surface area contributed by atoms with Gasteiger partial charge in [0.05, 0.1) is 0 Å². The first-order chi connectivity index (χ1) is 9.61. The quantitative estimate of drug-likeness (QED) is 0.563. The molecule has 20 heavy (non-hydrogen) atoms. The van der Waals surface area contributed by atoms with Gasteiger partial charge in [-0.05, 0) is 23.8 Å². The van der Waals surface area contributed by atoms with E-state index in [4.69, 9.17) is 10.2 Å². The molecule has 2 N–H and O–H groups in total. The molecular weight excluding hydrogens is 362 g/mol. The van der Waals surface area contributed by atoms with Gasteiger partial charge in [-0.3, -0.25) is 0 Å². The number of fused-ring (bicyclic) bond motifs is 1. The summed E-state index contributed by atoms with van der Waals surface area (Å²) in [6.07, 6.45) is 0. The average molecular weight is 370 g/mol. The van der Waals surface area contributed by atoms with Crippen LogP contribution < -0.4 is 11.4 Å². The van der Waals surface area contributed by atoms with Gasteiger partial charge in [0, 0.05) is 21.7 Å². The van der Waals surface area contributed by atoms with E-state index >= 15 is 0 Å². The molecular formula is C12H8BrN3O2S2. The molecule has 0 aliphatic heterocycles. The Hall–Kier alpha value is -1.38. The minimum atomic E-state index is -0.358. The Morgan fingerprint density at radius 1 is 1.35 bits per heavy atom. The maximum Gasteiger partial charge on any atom is 0.336 e. The molecule has 0 unspecified atom stereocenters. The first-order valence-corrected chi connectivity index (χ1v) is 8.15. The summed E-state index contributed by atoms with van der Waals surface area (Å²) in [5.74, 6) is 0.609. The monoisotopic (exact) mass is 369 g/mol. The van der Waals surface area contributed by atoms with E-state index in [0.717, 1.165) is 19.8 Å². The van der Waals surface area contributed by atoms with Crippen molar-refractivity contribution in [3.63, 3.8) is 0 Å². The molecule has 0 saturated heterocycles. The van der Waals surface area contributed by atoms with Crippen LogP contribution in [0.15, 0.2) is 42.3 Å². The number of halogens is 1. The van der Waals surface area contributed by atoms with E-state index in [9.17, 15) is 4.79 Å². The summed E-state index contributed by atoms with van der Waals surface area (Å²) in [6.45, 7) is 0. The zero-order chi connectivity index (χ0) is 14.1. The molecule has 0 fully saturated rings. The zero-order valence-electron chi connectivity index (χ0n) is 10.00. The summed E-state index contributed by atoms with van der Waals surface area (Å²) in [5.41, 5.74) is 6.66. The molecule has 0 atom stereocenters. The molecule has 0 saturated carbocycles. The van der Waals surface area contributed by atoms with Crippen LogP contribution in [0.1, 0.15) is 5.56 Å². The normalized spacial score (nSPS) is 11.1. The molecule has 3 rings (SSSR count). The molecule has 1 aromatic carbocycles. The standard InChI is InChI=1S/C12H8BrN3O2S2/c13-7-1-2-8-6(3-10(17)18-9(8)4-7)5-19-12-16-15-11(14)20-12/h1-4H,5H2,(H2,14,15). The van der Waals surface area contributed by atoms with Gasteiger partial charge in [0.25, 0.3) is 0 Å². The highest BCUT2D eigenvalue weighted by Crippen LogP contribution is 2.29. The van der Waals surface area contributed by atoms with Gasteiger partial charge in [-0.25, -0.2) is 4.79 Å². The highest BCUT2D eigenvalue weighted by Gasteiger charge is 2.08. The molecule has 2 aromatic heterocycles. The lowest BCUT2D eigenvalue weighted by molar-refractivity contribution is 0.559. The number of nitrogens with zero attached hydrogens (tertiary/aromatic N) is 2. The molecule has 0 aliphatic rings. The van der Waals surface area contributed by atoms with Crippen molar-refractivity contribution in [1.29, 1.82) is 0 Å². The number of hydrogen-bond acceptors (Lipinski definition) is 7. The second-order valence-electron chi connectivity index (χ2n) is 3.93. The minimum Gasteiger partial charge on any atom is -0.423 e. The van der Waals surface area contributed by atoms with Gasteiger partial charge in [-0.15, -0.1) is 10.2 Å². The third-order valence-electron chi connectivity index (χ3n) is 2.57. The molecule has 3 aromatic rings. The summed E-state index contributed by atoms with van der Waals surface area (Å²) >= 11 is 6.19. The maximum absolute atomic E-state index is 11.6. The molecule has 0 aliphatic carbocycles. The van der Waals surface area contributed by atoms with Crippen LogP contribution >= 0.6 is 39.0 Å². The molecule has 2 heterocycles. The highest BCUT2D eigenvalue weighted by molar-refractivity contribution is 9.10. The number of thioether (sulfide) groups is 1. The van der Waals surface area contributed by atoms with Crippen LogP contribution in [0.5, 0.6) is 0 Å². The average Bonchev–Trinajstić information content (AvgIpc) is 2.81. The Balaban J connectivity index is 1.96. The fraction of sp³-hybridized carbons (Fsp3) is 0.0833. The Kier molecular flexibility index (Phi) is 3.77. The van der Waals surface area contributed by atoms with Crippen LogP contribution in [0.2, 0.25) is 0 Å². The molecule has 0 spiro atoms. The van der Waals surface area contributed by atoms with E-state index in [0.29, 0.717) is 16.5 Å². The van der Waals surface area contributed by atoms with Crippen LogP contribution in [-0.4, -0.2) is 10.2 Å². The van der Waals surface area contributed by atoms with Gasteiger partial charge in [0.1, 0.15) is 5.58 Å². The summed E-state index contributed by atoms with van der Waals surface area (Å²) in [6, 6.07) is 7.13. The number of nitrogen functional groups attached to an aromatic ring is 1. The Bertz CT molecular complexity index is 831. The van der Waals surface area contributed by atoms with Crippen molar-refractivity contribution < 1.29 is 4.42 Å². The number of anilines is 1. The van der Waals surface area contributed by atoms with Crippen LogP contribution in [-0.2, 0) is 5.75 Å². The van der Waals surface area contributed by atoms with E-state index in [2.05, 4.69) is 26.1 Å². The second kappa shape index (κ2) is 5.55. The van der Waals surface area contributed by atoms with E-state index in [1.54, 1.807) is 6.07 Å². The first-order valence-electron chi connectivity index (χ1n) is 5.56. The van der Waals surface area contributed by atoms with E-state index in [-0.39, 0.29) is 5.63 Å². The van der Waals surface area contributed by atoms with Crippen LogP contribution in [0, 0.1) is 0 Å². The number of benzene rings is 1. The van der Waals surface area contributed by atoms with Crippen LogP contribution in [0.3, 0.4) is 0 Å². The molecule has 102 valence electrons. The van der Waals surface area contributed by atoms with Gasteiger partial charge in [-0.2, -0.15) is 0 Å². The Morgan fingerprint density at radius 2 is 2.20 bits per heavy atom. The SMILES string of the molecule is Nc1nnc(SCc2cc(=O)oc3cc(Br)ccc23)s1. The lowest BCUT2D eigenvalue weighted by Gasteiger charge is -2.04. The Morgan fingerprint density at radius 3 is 2.95 bits per heavy atom. The predicted molar refractivity (Wildman–Crippen MR) is 84.1 cm³/mol. The zero-order valence-corrected chi connectivity index (χ0v) is 13.2. The predicted octanol–water partition coefficient (Wildman–Crippen LogP) is 3.28. The summed E-state index contributed by atoms with van der Waals surface area (Å²) in [7, 11) is 0. The number of hydrogen-bond donors (Lipinski definition) is 1. The van der Waals surface area contributed by atoms with E-state index < -0.39 is 0 Å². The van der Waals surface area contributed by atoms with Gasteiger partial charge >= 0.3 is 5.63 Å². The largest absolute Gasteiger partial charge is 0.423 e. The summed E-state index contributed by atoms with van der Waals surface area (Å²) in [5, 5.41) is 9.06. The van der Waals surface area contributed by atoms with E-state index in [1.807, 2.05) is 12.1 Å². The first kappa shape index (κ1) is 13.6.